The molecule has 0 radical (unpaired) electrons. The van der Waals surface area contributed by atoms with Crippen LogP contribution < -0.4 is 10.1 Å². The van der Waals surface area contributed by atoms with E-state index in [1.54, 1.807) is 0 Å². The van der Waals surface area contributed by atoms with Crippen LogP contribution in [0.1, 0.15) is 18.9 Å². The molecule has 0 bridgehead atoms. The molecule has 94 valence electrons. The highest BCUT2D eigenvalue weighted by atomic mass is 79.9. The van der Waals surface area contributed by atoms with Crippen molar-refractivity contribution in [3.63, 3.8) is 0 Å². The number of ether oxygens (including phenoxy) is 1. The minimum Gasteiger partial charge on any atom is -0.492 e. The van der Waals surface area contributed by atoms with Crippen molar-refractivity contribution >= 4 is 21.8 Å². The van der Waals surface area contributed by atoms with Crippen LogP contribution in [0, 0.1) is 0 Å². The van der Waals surface area contributed by atoms with Crippen LogP contribution >= 0.6 is 15.9 Å². The molecule has 4 heteroatoms. The van der Waals surface area contributed by atoms with Gasteiger partial charge >= 0.3 is 0 Å². The molecule has 1 rings (SSSR count). The van der Waals surface area contributed by atoms with E-state index < -0.39 is 0 Å². The van der Waals surface area contributed by atoms with Crippen molar-refractivity contribution in [1.82, 2.24) is 5.32 Å². The summed E-state index contributed by atoms with van der Waals surface area (Å²) in [5, 5.41) is 3.48. The van der Waals surface area contributed by atoms with Gasteiger partial charge in [-0.3, -0.25) is 4.79 Å². The third kappa shape index (κ3) is 5.73. The first-order chi connectivity index (χ1) is 8.26. The summed E-state index contributed by atoms with van der Waals surface area (Å²) >= 11 is 3.22. The van der Waals surface area contributed by atoms with E-state index in [-0.39, 0.29) is 5.91 Å². The third-order valence-electron chi connectivity index (χ3n) is 2.35. The average Bonchev–Trinajstić information content (AvgIpc) is 2.36. The summed E-state index contributed by atoms with van der Waals surface area (Å²) in [7, 11) is 0. The van der Waals surface area contributed by atoms with Crippen LogP contribution in [0.25, 0.3) is 0 Å². The lowest BCUT2D eigenvalue weighted by atomic mass is 10.2. The number of hydrogen-bond donors (Lipinski definition) is 1. The molecular formula is C13H18BrNO2. The van der Waals surface area contributed by atoms with Crippen LogP contribution in [0.3, 0.4) is 0 Å². The molecule has 0 aliphatic heterocycles. The second-order valence-corrected chi connectivity index (χ2v) is 4.43. The fourth-order valence-electron chi connectivity index (χ4n) is 1.35. The maximum absolute atomic E-state index is 11.1. The minimum absolute atomic E-state index is 0.0480. The standard InChI is InChI=1S/C13H18BrNO2/c1-2-11-3-5-12(6-4-11)17-10-9-15-13(16)7-8-14/h3-6H,2,7-10H2,1H3,(H,15,16). The number of rotatable bonds is 7. The van der Waals surface area contributed by atoms with Gasteiger partial charge in [-0.05, 0) is 24.1 Å². The molecule has 1 N–H and O–H groups in total. The molecule has 0 aromatic heterocycles. The van der Waals surface area contributed by atoms with Crippen LogP contribution in [0.5, 0.6) is 5.75 Å². The van der Waals surface area contributed by atoms with Crippen LogP contribution in [0.4, 0.5) is 0 Å². The van der Waals surface area contributed by atoms with Gasteiger partial charge in [0.2, 0.25) is 5.91 Å². The van der Waals surface area contributed by atoms with Gasteiger partial charge in [-0.1, -0.05) is 35.0 Å². The van der Waals surface area contributed by atoms with Gasteiger partial charge in [0, 0.05) is 11.8 Å². The molecule has 3 nitrogen and oxygen atoms in total. The highest BCUT2D eigenvalue weighted by molar-refractivity contribution is 9.09. The lowest BCUT2D eigenvalue weighted by molar-refractivity contribution is -0.120. The molecule has 0 aliphatic carbocycles. The zero-order valence-corrected chi connectivity index (χ0v) is 11.6. The Morgan fingerprint density at radius 1 is 1.35 bits per heavy atom. The number of hydrogen-bond acceptors (Lipinski definition) is 2. The number of benzene rings is 1. The summed E-state index contributed by atoms with van der Waals surface area (Å²) in [5.41, 5.74) is 1.29. The monoisotopic (exact) mass is 299 g/mol. The van der Waals surface area contributed by atoms with Gasteiger partial charge in [-0.25, -0.2) is 0 Å². The number of alkyl halides is 1. The Bertz CT molecular complexity index is 338. The van der Waals surface area contributed by atoms with Crippen molar-refractivity contribution < 1.29 is 9.53 Å². The van der Waals surface area contributed by atoms with Crippen LogP contribution in [-0.2, 0) is 11.2 Å². The zero-order valence-electron chi connectivity index (χ0n) is 10.0. The second kappa shape index (κ2) is 8.12. The summed E-state index contributed by atoms with van der Waals surface area (Å²) in [5.74, 6) is 0.892. The summed E-state index contributed by atoms with van der Waals surface area (Å²) in [6, 6.07) is 8.02. The van der Waals surface area contributed by atoms with Crippen LogP contribution in [0.15, 0.2) is 24.3 Å². The minimum atomic E-state index is 0.0480. The molecule has 0 unspecified atom stereocenters. The lowest BCUT2D eigenvalue weighted by Crippen LogP contribution is -2.28. The van der Waals surface area contributed by atoms with Crippen LogP contribution in [-0.4, -0.2) is 24.4 Å². The molecule has 0 heterocycles. The molecular weight excluding hydrogens is 282 g/mol. The maximum atomic E-state index is 11.1. The molecule has 1 amide bonds. The predicted molar refractivity (Wildman–Crippen MR) is 72.7 cm³/mol. The van der Waals surface area contributed by atoms with Gasteiger partial charge in [-0.2, -0.15) is 0 Å². The summed E-state index contributed by atoms with van der Waals surface area (Å²) in [6.07, 6.45) is 1.54. The molecule has 17 heavy (non-hydrogen) atoms. The van der Waals surface area contributed by atoms with Crippen LogP contribution in [0.2, 0.25) is 0 Å². The van der Waals surface area contributed by atoms with Crippen molar-refractivity contribution in [3.05, 3.63) is 29.8 Å². The van der Waals surface area contributed by atoms with Crippen molar-refractivity contribution in [2.45, 2.75) is 19.8 Å². The van der Waals surface area contributed by atoms with Crippen molar-refractivity contribution in [1.29, 1.82) is 0 Å². The Balaban J connectivity index is 2.19. The number of carbonyl (C=O) groups excluding carboxylic acids is 1. The summed E-state index contributed by atoms with van der Waals surface area (Å²) in [6.45, 7) is 3.16. The van der Waals surface area contributed by atoms with E-state index in [0.717, 1.165) is 12.2 Å². The largest absolute Gasteiger partial charge is 0.492 e. The Morgan fingerprint density at radius 2 is 2.06 bits per heavy atom. The van der Waals surface area contributed by atoms with Gasteiger partial charge < -0.3 is 10.1 Å². The van der Waals surface area contributed by atoms with Gasteiger partial charge in [0.05, 0.1) is 6.54 Å². The van der Waals surface area contributed by atoms with Gasteiger partial charge in [0.1, 0.15) is 12.4 Å². The first-order valence-electron chi connectivity index (χ1n) is 5.80. The van der Waals surface area contributed by atoms with E-state index in [1.165, 1.54) is 5.56 Å². The van der Waals surface area contributed by atoms with Gasteiger partial charge in [-0.15, -0.1) is 0 Å². The topological polar surface area (TPSA) is 38.3 Å². The molecule has 0 saturated carbocycles. The van der Waals surface area contributed by atoms with E-state index >= 15 is 0 Å². The highest BCUT2D eigenvalue weighted by Crippen LogP contribution is 2.11. The Hall–Kier alpha value is -1.03. The quantitative estimate of drug-likeness (QED) is 0.621. The summed E-state index contributed by atoms with van der Waals surface area (Å²) in [4.78, 5) is 11.1. The fourth-order valence-corrected chi connectivity index (χ4v) is 1.72. The number of carbonyl (C=O) groups is 1. The highest BCUT2D eigenvalue weighted by Gasteiger charge is 1.99. The van der Waals surface area contributed by atoms with E-state index in [0.29, 0.717) is 24.9 Å². The first-order valence-corrected chi connectivity index (χ1v) is 6.92. The Labute approximate surface area is 111 Å². The number of amides is 1. The van der Waals surface area contributed by atoms with Crippen molar-refractivity contribution in [2.75, 3.05) is 18.5 Å². The Morgan fingerprint density at radius 3 is 2.65 bits per heavy atom. The molecule has 1 aromatic rings. The molecule has 0 fully saturated rings. The van der Waals surface area contributed by atoms with Gasteiger partial charge in [0.25, 0.3) is 0 Å². The SMILES string of the molecule is CCc1ccc(OCCNC(=O)CCBr)cc1. The molecule has 1 aromatic carbocycles. The maximum Gasteiger partial charge on any atom is 0.220 e. The number of halogens is 1. The second-order valence-electron chi connectivity index (χ2n) is 3.63. The predicted octanol–water partition coefficient (Wildman–Crippen LogP) is 2.53. The molecule has 0 atom stereocenters. The van der Waals surface area contributed by atoms with E-state index in [4.69, 9.17) is 4.74 Å². The zero-order chi connectivity index (χ0) is 12.5. The van der Waals surface area contributed by atoms with Crippen molar-refractivity contribution in [2.24, 2.45) is 0 Å². The molecule has 0 aliphatic rings. The van der Waals surface area contributed by atoms with Crippen molar-refractivity contribution in [3.8, 4) is 5.75 Å². The lowest BCUT2D eigenvalue weighted by Gasteiger charge is -2.07. The van der Waals surface area contributed by atoms with E-state index in [2.05, 4.69) is 40.3 Å². The third-order valence-corrected chi connectivity index (χ3v) is 2.74. The fraction of sp³-hybridized carbons (Fsp3) is 0.462. The molecule has 0 saturated heterocycles. The Kier molecular flexibility index (Phi) is 6.70. The first kappa shape index (κ1) is 14.0. The summed E-state index contributed by atoms with van der Waals surface area (Å²) < 4.78 is 5.51. The van der Waals surface area contributed by atoms with E-state index in [1.807, 2.05) is 12.1 Å². The molecule has 0 spiro atoms. The number of aryl methyl sites for hydroxylation is 1. The normalized spacial score (nSPS) is 10.0. The number of nitrogens with one attached hydrogen (secondary N) is 1. The average molecular weight is 300 g/mol. The smallest absolute Gasteiger partial charge is 0.220 e. The van der Waals surface area contributed by atoms with E-state index in [9.17, 15) is 4.79 Å². The van der Waals surface area contributed by atoms with Gasteiger partial charge in [0.15, 0.2) is 0 Å².